The summed E-state index contributed by atoms with van der Waals surface area (Å²) in [6.45, 7) is 6.00. The SMILES string of the molecule is Cc1nc(-c2ccccc2)nc2c1COC[C@@]21CCN(Cc2ccc(F)cc2)C1. The number of hydrogen-bond acceptors (Lipinski definition) is 4. The zero-order valence-electron chi connectivity index (χ0n) is 16.6. The predicted molar refractivity (Wildman–Crippen MR) is 110 cm³/mol. The van der Waals surface area contributed by atoms with Gasteiger partial charge in [0.2, 0.25) is 0 Å². The number of hydrogen-bond donors (Lipinski definition) is 0. The fourth-order valence-electron chi connectivity index (χ4n) is 4.59. The van der Waals surface area contributed by atoms with Crippen LogP contribution < -0.4 is 0 Å². The molecule has 5 rings (SSSR count). The van der Waals surface area contributed by atoms with Crippen LogP contribution in [-0.2, 0) is 23.3 Å². The molecule has 1 fully saturated rings. The first-order valence-corrected chi connectivity index (χ1v) is 10.1. The Morgan fingerprint density at radius 1 is 1.07 bits per heavy atom. The largest absolute Gasteiger partial charge is 0.376 e. The molecule has 148 valence electrons. The summed E-state index contributed by atoms with van der Waals surface area (Å²) in [7, 11) is 0. The van der Waals surface area contributed by atoms with Gasteiger partial charge < -0.3 is 4.74 Å². The number of halogens is 1. The molecule has 0 bridgehead atoms. The second-order valence-corrected chi connectivity index (χ2v) is 8.19. The molecule has 5 heteroatoms. The Hall–Kier alpha value is -2.63. The quantitative estimate of drug-likeness (QED) is 0.671. The minimum Gasteiger partial charge on any atom is -0.376 e. The van der Waals surface area contributed by atoms with Crippen LogP contribution in [0.5, 0.6) is 0 Å². The Kier molecular flexibility index (Phi) is 4.64. The van der Waals surface area contributed by atoms with Crippen LogP contribution in [0.1, 0.15) is 28.9 Å². The molecule has 1 saturated heterocycles. The minimum absolute atomic E-state index is 0.106. The van der Waals surface area contributed by atoms with Gasteiger partial charge in [0.05, 0.1) is 24.3 Å². The molecule has 2 aliphatic heterocycles. The highest BCUT2D eigenvalue weighted by Crippen LogP contribution is 2.41. The minimum atomic E-state index is -0.193. The van der Waals surface area contributed by atoms with E-state index < -0.39 is 0 Å². The molecule has 1 spiro atoms. The summed E-state index contributed by atoms with van der Waals surface area (Å²) in [5.74, 6) is 0.599. The monoisotopic (exact) mass is 389 g/mol. The molecule has 1 atom stereocenters. The third kappa shape index (κ3) is 3.45. The van der Waals surface area contributed by atoms with E-state index in [4.69, 9.17) is 14.7 Å². The van der Waals surface area contributed by atoms with Gasteiger partial charge in [-0.1, -0.05) is 42.5 Å². The van der Waals surface area contributed by atoms with Crippen molar-refractivity contribution in [2.45, 2.75) is 31.9 Å². The first-order valence-electron chi connectivity index (χ1n) is 10.1. The van der Waals surface area contributed by atoms with Crippen molar-refractivity contribution in [3.05, 3.63) is 82.9 Å². The molecule has 29 heavy (non-hydrogen) atoms. The van der Waals surface area contributed by atoms with Crippen molar-refractivity contribution in [3.8, 4) is 11.4 Å². The van der Waals surface area contributed by atoms with E-state index in [-0.39, 0.29) is 11.2 Å². The highest BCUT2D eigenvalue weighted by atomic mass is 19.1. The van der Waals surface area contributed by atoms with Crippen LogP contribution in [0.2, 0.25) is 0 Å². The third-order valence-electron chi connectivity index (χ3n) is 6.13. The molecule has 2 aromatic carbocycles. The van der Waals surface area contributed by atoms with Crippen LogP contribution in [0.4, 0.5) is 4.39 Å². The first kappa shape index (κ1) is 18.4. The lowest BCUT2D eigenvalue weighted by atomic mass is 9.80. The number of aromatic nitrogens is 2. The number of rotatable bonds is 3. The summed E-state index contributed by atoms with van der Waals surface area (Å²) in [5.41, 5.74) is 5.36. The Labute approximate surface area is 170 Å². The van der Waals surface area contributed by atoms with Crippen molar-refractivity contribution in [2.24, 2.45) is 0 Å². The summed E-state index contributed by atoms with van der Waals surface area (Å²) in [5, 5.41) is 0. The molecule has 2 aliphatic rings. The lowest BCUT2D eigenvalue weighted by Gasteiger charge is -2.35. The standard InChI is InChI=1S/C24H24FN3O/c1-17-21-14-29-16-24(22(21)27-23(26-17)19-5-3-2-4-6-19)11-12-28(15-24)13-18-7-9-20(25)10-8-18/h2-10H,11-16H2,1H3/t24-/m0/s1. The van der Waals surface area contributed by atoms with Crippen LogP contribution in [0.3, 0.4) is 0 Å². The van der Waals surface area contributed by atoms with Crippen molar-refractivity contribution >= 4 is 0 Å². The molecule has 3 heterocycles. The topological polar surface area (TPSA) is 38.3 Å². The Bertz CT molecular complexity index is 1020. The van der Waals surface area contributed by atoms with Crippen molar-refractivity contribution in [2.75, 3.05) is 19.7 Å². The van der Waals surface area contributed by atoms with Crippen LogP contribution >= 0.6 is 0 Å². The number of ether oxygens (including phenoxy) is 1. The second kappa shape index (κ2) is 7.32. The van der Waals surface area contributed by atoms with E-state index in [0.29, 0.717) is 13.2 Å². The maximum atomic E-state index is 13.2. The van der Waals surface area contributed by atoms with Crippen LogP contribution in [0.25, 0.3) is 11.4 Å². The maximum absolute atomic E-state index is 13.2. The number of likely N-dealkylation sites (tertiary alicyclic amines) is 1. The Morgan fingerprint density at radius 3 is 2.66 bits per heavy atom. The fraction of sp³-hybridized carbons (Fsp3) is 0.333. The molecule has 0 unspecified atom stereocenters. The number of fused-ring (bicyclic) bond motifs is 2. The highest BCUT2D eigenvalue weighted by Gasteiger charge is 2.45. The van der Waals surface area contributed by atoms with Gasteiger partial charge in [-0.05, 0) is 37.6 Å². The molecule has 0 saturated carbocycles. The van der Waals surface area contributed by atoms with Gasteiger partial charge in [0, 0.05) is 29.9 Å². The molecule has 0 radical (unpaired) electrons. The Morgan fingerprint density at radius 2 is 1.86 bits per heavy atom. The lowest BCUT2D eigenvalue weighted by molar-refractivity contribution is 0.0498. The van der Waals surface area contributed by atoms with E-state index in [9.17, 15) is 4.39 Å². The summed E-state index contributed by atoms with van der Waals surface area (Å²) in [6, 6.07) is 17.0. The van der Waals surface area contributed by atoms with Gasteiger partial charge in [0.1, 0.15) is 5.82 Å². The van der Waals surface area contributed by atoms with E-state index >= 15 is 0 Å². The van der Waals surface area contributed by atoms with E-state index in [1.54, 1.807) is 0 Å². The highest BCUT2D eigenvalue weighted by molar-refractivity contribution is 5.56. The fourth-order valence-corrected chi connectivity index (χ4v) is 4.59. The second-order valence-electron chi connectivity index (χ2n) is 8.19. The average molecular weight is 389 g/mol. The van der Waals surface area contributed by atoms with Crippen molar-refractivity contribution in [1.82, 2.24) is 14.9 Å². The van der Waals surface area contributed by atoms with E-state index in [1.807, 2.05) is 30.3 Å². The summed E-state index contributed by atoms with van der Waals surface area (Å²) < 4.78 is 19.2. The van der Waals surface area contributed by atoms with Crippen molar-refractivity contribution in [3.63, 3.8) is 0 Å². The summed E-state index contributed by atoms with van der Waals surface area (Å²) in [4.78, 5) is 12.3. The molecule has 3 aromatic rings. The Balaban J connectivity index is 1.47. The van der Waals surface area contributed by atoms with Gasteiger partial charge in [0.15, 0.2) is 5.82 Å². The molecule has 0 amide bonds. The molecule has 4 nitrogen and oxygen atoms in total. The zero-order valence-corrected chi connectivity index (χ0v) is 16.6. The smallest absolute Gasteiger partial charge is 0.159 e. The number of aryl methyl sites for hydroxylation is 1. The maximum Gasteiger partial charge on any atom is 0.159 e. The van der Waals surface area contributed by atoms with Crippen molar-refractivity contribution in [1.29, 1.82) is 0 Å². The summed E-state index contributed by atoms with van der Waals surface area (Å²) >= 11 is 0. The molecular formula is C24H24FN3O. The summed E-state index contributed by atoms with van der Waals surface area (Å²) in [6.07, 6.45) is 1.01. The average Bonchev–Trinajstić information content (AvgIpc) is 3.14. The zero-order chi connectivity index (χ0) is 19.8. The third-order valence-corrected chi connectivity index (χ3v) is 6.13. The predicted octanol–water partition coefficient (Wildman–Crippen LogP) is 4.27. The first-order chi connectivity index (χ1) is 14.1. The number of benzene rings is 2. The van der Waals surface area contributed by atoms with Gasteiger partial charge in [0.25, 0.3) is 0 Å². The van der Waals surface area contributed by atoms with E-state index in [1.165, 1.54) is 12.1 Å². The normalized spacial score (nSPS) is 21.4. The van der Waals surface area contributed by atoms with Gasteiger partial charge in [-0.15, -0.1) is 0 Å². The van der Waals surface area contributed by atoms with E-state index in [2.05, 4.69) is 24.0 Å². The van der Waals surface area contributed by atoms with Crippen LogP contribution in [0, 0.1) is 12.7 Å². The molecule has 1 aromatic heterocycles. The number of nitrogens with zero attached hydrogens (tertiary/aromatic N) is 3. The van der Waals surface area contributed by atoms with Crippen LogP contribution in [0.15, 0.2) is 54.6 Å². The molecule has 0 N–H and O–H groups in total. The van der Waals surface area contributed by atoms with E-state index in [0.717, 1.165) is 60.0 Å². The van der Waals surface area contributed by atoms with Gasteiger partial charge >= 0.3 is 0 Å². The van der Waals surface area contributed by atoms with Gasteiger partial charge in [-0.2, -0.15) is 0 Å². The molecule has 0 aliphatic carbocycles. The lowest BCUT2D eigenvalue weighted by Crippen LogP contribution is -2.41. The van der Waals surface area contributed by atoms with Gasteiger partial charge in [-0.25, -0.2) is 14.4 Å². The molecular weight excluding hydrogens is 365 g/mol. The van der Waals surface area contributed by atoms with Crippen molar-refractivity contribution < 1.29 is 9.13 Å². The van der Waals surface area contributed by atoms with Crippen LogP contribution in [-0.4, -0.2) is 34.6 Å². The van der Waals surface area contributed by atoms with Gasteiger partial charge in [-0.3, -0.25) is 4.90 Å².